The Morgan fingerprint density at radius 1 is 0.983 bits per heavy atom. The van der Waals surface area contributed by atoms with Crippen LogP contribution in [0.1, 0.15) is 92.4 Å². The molecule has 318 valence electrons. The molecule has 4 aliphatic rings. The van der Waals surface area contributed by atoms with Crippen molar-refractivity contribution in [3.8, 4) is 0 Å². The first-order valence-corrected chi connectivity index (χ1v) is 19.4. The Labute approximate surface area is 337 Å². The normalized spacial score (nSPS) is 33.3. The van der Waals surface area contributed by atoms with Crippen LogP contribution in [0.3, 0.4) is 0 Å². The van der Waals surface area contributed by atoms with Crippen LogP contribution in [0.15, 0.2) is 53.3 Å². The van der Waals surface area contributed by atoms with Gasteiger partial charge < -0.3 is 49.1 Å². The molecule has 0 aromatic heterocycles. The third-order valence-corrected chi connectivity index (χ3v) is 12.2. The second-order valence-corrected chi connectivity index (χ2v) is 17.0. The van der Waals surface area contributed by atoms with E-state index in [1.807, 2.05) is 0 Å². The first-order valence-electron chi connectivity index (χ1n) is 19.4. The van der Waals surface area contributed by atoms with Crippen LogP contribution in [-0.2, 0) is 47.6 Å². The lowest BCUT2D eigenvalue weighted by molar-refractivity contribution is -0.345. The largest absolute Gasteiger partial charge is 0.460 e. The molecule has 4 N–H and O–H groups in total. The Morgan fingerprint density at radius 3 is 2.16 bits per heavy atom. The number of fused-ring (bicyclic) bond motifs is 5. The smallest absolute Gasteiger partial charge is 0.407 e. The predicted octanol–water partition coefficient (Wildman–Crippen LogP) is 3.24. The van der Waals surface area contributed by atoms with E-state index >= 15 is 4.79 Å². The Kier molecular flexibility index (Phi) is 12.4. The molecule has 2 saturated carbocycles. The summed E-state index contributed by atoms with van der Waals surface area (Å²) < 4.78 is 35.1. The number of ether oxygens (including phenoxy) is 6. The summed E-state index contributed by atoms with van der Waals surface area (Å²) in [6.45, 7) is 14.6. The monoisotopic (exact) mass is 813 g/mol. The van der Waals surface area contributed by atoms with Crippen LogP contribution in [0.25, 0.3) is 0 Å². The number of hydrogen-bond acceptors (Lipinski definition) is 15. The zero-order valence-corrected chi connectivity index (χ0v) is 34.5. The van der Waals surface area contributed by atoms with Crippen molar-refractivity contribution in [1.29, 1.82) is 0 Å². The van der Waals surface area contributed by atoms with Gasteiger partial charge in [0, 0.05) is 38.0 Å². The van der Waals surface area contributed by atoms with Gasteiger partial charge in [-0.05, 0) is 52.3 Å². The molecule has 1 aromatic rings. The Morgan fingerprint density at radius 2 is 1.62 bits per heavy atom. The summed E-state index contributed by atoms with van der Waals surface area (Å²) in [5, 5.41) is 39.4. The Hall–Kier alpha value is -4.64. The number of rotatable bonds is 10. The van der Waals surface area contributed by atoms with E-state index in [0.29, 0.717) is 5.57 Å². The van der Waals surface area contributed by atoms with Crippen molar-refractivity contribution in [2.24, 2.45) is 22.7 Å². The highest BCUT2D eigenvalue weighted by Gasteiger charge is 2.78. The highest BCUT2D eigenvalue weighted by Crippen LogP contribution is 2.65. The van der Waals surface area contributed by atoms with E-state index in [0.717, 1.165) is 13.8 Å². The summed E-state index contributed by atoms with van der Waals surface area (Å²) in [7, 11) is 0. The summed E-state index contributed by atoms with van der Waals surface area (Å²) in [6, 6.07) is 6.49. The van der Waals surface area contributed by atoms with Gasteiger partial charge in [-0.3, -0.25) is 14.4 Å². The number of aliphatic hydroxyl groups excluding tert-OH is 2. The van der Waals surface area contributed by atoms with Gasteiger partial charge in [0.05, 0.1) is 41.8 Å². The average molecular weight is 814 g/mol. The van der Waals surface area contributed by atoms with E-state index in [-0.39, 0.29) is 24.2 Å². The summed E-state index contributed by atoms with van der Waals surface area (Å²) in [5.41, 5.74) is -7.18. The summed E-state index contributed by atoms with van der Waals surface area (Å²) in [5.74, 6) is -7.92. The van der Waals surface area contributed by atoms with Gasteiger partial charge in [-0.25, -0.2) is 14.4 Å². The van der Waals surface area contributed by atoms with Gasteiger partial charge in [-0.2, -0.15) is 0 Å². The van der Waals surface area contributed by atoms with E-state index in [1.54, 1.807) is 66.7 Å². The fourth-order valence-corrected chi connectivity index (χ4v) is 9.34. The predicted molar refractivity (Wildman–Crippen MR) is 202 cm³/mol. The van der Waals surface area contributed by atoms with Gasteiger partial charge in [-0.1, -0.05) is 50.6 Å². The van der Waals surface area contributed by atoms with Gasteiger partial charge in [0.1, 0.15) is 23.9 Å². The lowest BCUT2D eigenvalue weighted by Crippen LogP contribution is -2.81. The van der Waals surface area contributed by atoms with Crippen molar-refractivity contribution in [2.45, 2.75) is 136 Å². The van der Waals surface area contributed by atoms with Crippen molar-refractivity contribution in [3.05, 3.63) is 58.9 Å². The van der Waals surface area contributed by atoms with Gasteiger partial charge >= 0.3 is 30.0 Å². The van der Waals surface area contributed by atoms with Crippen molar-refractivity contribution in [2.75, 3.05) is 6.61 Å². The quantitative estimate of drug-likeness (QED) is 0.151. The highest BCUT2D eigenvalue weighted by atomic mass is 16.6. The third kappa shape index (κ3) is 7.66. The first-order chi connectivity index (χ1) is 26.9. The summed E-state index contributed by atoms with van der Waals surface area (Å²) in [6.07, 6.45) is -8.57. The topological polar surface area (TPSA) is 231 Å². The van der Waals surface area contributed by atoms with E-state index in [9.17, 15) is 39.3 Å². The molecule has 1 aliphatic heterocycles. The lowest BCUT2D eigenvalue weighted by Gasteiger charge is -2.67. The molecule has 58 heavy (non-hydrogen) atoms. The van der Waals surface area contributed by atoms with E-state index < -0.39 is 124 Å². The number of aliphatic hydroxyl groups is 3. The van der Waals surface area contributed by atoms with Gasteiger partial charge in [0.25, 0.3) is 0 Å². The van der Waals surface area contributed by atoms with Crippen LogP contribution in [0.5, 0.6) is 0 Å². The minimum Gasteiger partial charge on any atom is -0.460 e. The molecular weight excluding hydrogens is 758 g/mol. The number of carbonyl (C=O) groups is 6. The number of nitrogens with one attached hydrogen (secondary N) is 1. The molecule has 1 heterocycles. The van der Waals surface area contributed by atoms with Crippen LogP contribution in [0.2, 0.25) is 0 Å². The van der Waals surface area contributed by atoms with Crippen LogP contribution in [0, 0.1) is 22.7 Å². The summed E-state index contributed by atoms with van der Waals surface area (Å²) >= 11 is 0. The number of ketones is 1. The molecule has 1 amide bonds. The molecule has 1 saturated heterocycles. The average Bonchev–Trinajstić information content (AvgIpc) is 3.11. The van der Waals surface area contributed by atoms with Crippen molar-refractivity contribution < 1.29 is 72.5 Å². The lowest BCUT2D eigenvalue weighted by atomic mass is 9.45. The maximum absolute atomic E-state index is 15.3. The standard InChI is InChI=1S/C42H55NO15/c1-20(2)16-26(43-38(51)54-21(3)4)31(47)37(50)56-27-18-42(52)35(57-36(49)25-14-12-11-13-15-25)33-40(10,28(46)17-29-41(33,19-53-29)58-24(7)45)34(48)32(55-23(6)44)30(22(27)5)39(42,8)9/h11-16,21-22,26-29,31,33,35,46-47,52H,17-19H2,1-10H3,(H,43,51)/t22?,26?,27?,28?,29?,31?,33?,35?,40-,41+,42?/m1/s1. The summed E-state index contributed by atoms with van der Waals surface area (Å²) in [4.78, 5) is 81.8. The third-order valence-electron chi connectivity index (χ3n) is 12.2. The first kappa shape index (κ1) is 44.5. The van der Waals surface area contributed by atoms with Crippen molar-refractivity contribution >= 4 is 35.8 Å². The van der Waals surface area contributed by atoms with Crippen LogP contribution in [-0.4, -0.2) is 112 Å². The zero-order chi connectivity index (χ0) is 43.3. The van der Waals surface area contributed by atoms with E-state index in [4.69, 9.17) is 28.4 Å². The molecule has 3 fully saturated rings. The SMILES string of the molecule is CC(=O)OC1=C2C(C)C(OC(=O)C(O)C(C=C(C)C)NC(=O)OC(C)C)CC(O)(C(OC(=O)c3ccccc3)C3[C@]4(OC(C)=O)COC4CC(O)[C@@]3(C)C1=O)C2(C)C. The number of Topliss-reactive ketones (excluding diaryl/α,β-unsaturated/α-hetero) is 1. The molecule has 16 nitrogen and oxygen atoms in total. The number of alkyl carbamates (subject to hydrolysis) is 1. The van der Waals surface area contributed by atoms with Gasteiger partial charge in [0.15, 0.2) is 17.5 Å². The van der Waals surface area contributed by atoms with Gasteiger partial charge in [0.2, 0.25) is 5.78 Å². The Balaban J connectivity index is 1.74. The van der Waals surface area contributed by atoms with Crippen molar-refractivity contribution in [3.63, 3.8) is 0 Å². The fourth-order valence-electron chi connectivity index (χ4n) is 9.34. The number of amides is 1. The molecule has 0 radical (unpaired) electrons. The van der Waals surface area contributed by atoms with Crippen molar-refractivity contribution in [1.82, 2.24) is 5.32 Å². The van der Waals surface area contributed by atoms with E-state index in [1.165, 1.54) is 25.1 Å². The Bertz CT molecular complexity index is 1880. The minimum absolute atomic E-state index is 0.00520. The molecule has 0 spiro atoms. The molecular formula is C42H55NO15. The number of carbonyl (C=O) groups excluding carboxylic acids is 6. The molecule has 5 rings (SSSR count). The molecule has 2 bridgehead atoms. The van der Waals surface area contributed by atoms with E-state index in [2.05, 4.69) is 5.32 Å². The molecule has 1 aromatic carbocycles. The second kappa shape index (κ2) is 16.2. The van der Waals surface area contributed by atoms with Crippen LogP contribution >= 0.6 is 0 Å². The minimum atomic E-state index is -2.38. The molecule has 9 unspecified atom stereocenters. The van der Waals surface area contributed by atoms with Crippen LogP contribution < -0.4 is 5.32 Å². The fraction of sp³-hybridized carbons (Fsp3) is 0.619. The number of benzene rings is 1. The number of hydrogen-bond donors (Lipinski definition) is 4. The molecule has 11 atom stereocenters. The second-order valence-electron chi connectivity index (χ2n) is 17.0. The maximum atomic E-state index is 15.3. The zero-order valence-electron chi connectivity index (χ0n) is 34.5. The molecule has 3 aliphatic carbocycles. The molecule has 16 heteroatoms. The highest BCUT2D eigenvalue weighted by molar-refractivity contribution is 6.02. The number of esters is 4. The van der Waals surface area contributed by atoms with Crippen LogP contribution in [0.4, 0.5) is 4.79 Å². The maximum Gasteiger partial charge on any atom is 0.407 e. The number of allylic oxidation sites excluding steroid dienone is 2. The van der Waals surface area contributed by atoms with Gasteiger partial charge in [-0.15, -0.1) is 0 Å².